The van der Waals surface area contributed by atoms with Crippen LogP contribution in [-0.2, 0) is 0 Å². The number of aliphatic hydroxyl groups is 2. The van der Waals surface area contributed by atoms with Gasteiger partial charge in [-0.1, -0.05) is 73.9 Å². The van der Waals surface area contributed by atoms with Crippen molar-refractivity contribution in [2.24, 2.45) is 22.7 Å². The van der Waals surface area contributed by atoms with E-state index in [1.807, 2.05) is 60.7 Å². The summed E-state index contributed by atoms with van der Waals surface area (Å²) in [6, 6.07) is 23.1. The summed E-state index contributed by atoms with van der Waals surface area (Å²) in [5.74, 6) is 10.6. The molecule has 158 valence electrons. The maximum absolute atomic E-state index is 11.8. The zero-order chi connectivity index (χ0) is 23.0. The fourth-order valence-corrected chi connectivity index (χ4v) is 5.69. The summed E-state index contributed by atoms with van der Waals surface area (Å²) < 4.78 is 0. The average Bonchev–Trinajstić information content (AvgIpc) is 3.12. The van der Waals surface area contributed by atoms with E-state index in [1.165, 1.54) is 0 Å². The summed E-state index contributed by atoms with van der Waals surface area (Å²) in [4.78, 5) is 0. The molecule has 0 heterocycles. The Hall–Kier alpha value is -3.54. The molecule has 0 radical (unpaired) electrons. The minimum atomic E-state index is -1.63. The van der Waals surface area contributed by atoms with Crippen molar-refractivity contribution >= 4 is 0 Å². The highest BCUT2D eigenvalue weighted by Gasteiger charge is 2.80. The van der Waals surface area contributed by atoms with E-state index in [-0.39, 0.29) is 12.8 Å². The first-order valence-electron chi connectivity index (χ1n) is 10.6. The van der Waals surface area contributed by atoms with E-state index in [0.717, 1.165) is 11.1 Å². The van der Waals surface area contributed by atoms with Crippen molar-refractivity contribution in [2.75, 3.05) is 0 Å². The molecule has 0 bridgehead atoms. The summed E-state index contributed by atoms with van der Waals surface area (Å²) in [5, 5.41) is 43.7. The van der Waals surface area contributed by atoms with Gasteiger partial charge in [0.25, 0.3) is 0 Å². The predicted octanol–water partition coefficient (Wildman–Crippen LogP) is 3.65. The first kappa shape index (κ1) is 21.7. The van der Waals surface area contributed by atoms with Crippen molar-refractivity contribution in [3.05, 3.63) is 71.8 Å². The monoisotopic (exact) mass is 420 g/mol. The van der Waals surface area contributed by atoms with Gasteiger partial charge in [-0.15, -0.1) is 0 Å². The molecule has 0 unspecified atom stereocenters. The zero-order valence-corrected chi connectivity index (χ0v) is 18.1. The average molecular weight is 421 g/mol. The molecular weight excluding hydrogens is 396 g/mol. The normalized spacial score (nSPS) is 37.1. The Kier molecular flexibility index (Phi) is 5.12. The molecule has 0 spiro atoms. The van der Waals surface area contributed by atoms with Gasteiger partial charge < -0.3 is 10.2 Å². The highest BCUT2D eigenvalue weighted by atomic mass is 16.3. The Morgan fingerprint density at radius 1 is 0.688 bits per heavy atom. The van der Waals surface area contributed by atoms with Crippen LogP contribution in [0, 0.1) is 69.0 Å². The summed E-state index contributed by atoms with van der Waals surface area (Å²) >= 11 is 0. The number of benzene rings is 2. The minimum Gasteiger partial charge on any atom is -0.377 e. The van der Waals surface area contributed by atoms with Gasteiger partial charge in [0.1, 0.15) is 11.2 Å². The van der Waals surface area contributed by atoms with Gasteiger partial charge in [0, 0.05) is 34.8 Å². The largest absolute Gasteiger partial charge is 0.377 e. The summed E-state index contributed by atoms with van der Waals surface area (Å²) in [6.07, 6.45) is 0.0910. The van der Waals surface area contributed by atoms with Gasteiger partial charge in [0.05, 0.1) is 24.0 Å². The summed E-state index contributed by atoms with van der Waals surface area (Å²) in [6.45, 7) is 3.56. The molecule has 2 aromatic rings. The minimum absolute atomic E-state index is 0.0455. The summed E-state index contributed by atoms with van der Waals surface area (Å²) in [7, 11) is 0. The van der Waals surface area contributed by atoms with Crippen molar-refractivity contribution < 1.29 is 10.2 Å². The van der Waals surface area contributed by atoms with E-state index >= 15 is 0 Å². The molecular formula is C28H24N2O2. The topological polar surface area (TPSA) is 88.0 Å². The van der Waals surface area contributed by atoms with Gasteiger partial charge >= 0.3 is 0 Å². The molecule has 6 atom stereocenters. The number of nitriles is 2. The Labute approximate surface area is 189 Å². The second-order valence-electron chi connectivity index (χ2n) is 9.13. The van der Waals surface area contributed by atoms with Crippen molar-refractivity contribution in [3.8, 4) is 35.8 Å². The lowest BCUT2D eigenvalue weighted by Crippen LogP contribution is -2.54. The van der Waals surface area contributed by atoms with E-state index in [0.29, 0.717) is 0 Å². The van der Waals surface area contributed by atoms with E-state index in [9.17, 15) is 20.7 Å². The molecule has 4 nitrogen and oxygen atoms in total. The molecule has 2 aromatic carbocycles. The second kappa shape index (κ2) is 7.55. The van der Waals surface area contributed by atoms with Crippen LogP contribution in [0.15, 0.2) is 60.7 Å². The maximum Gasteiger partial charge on any atom is 0.134 e. The Balaban J connectivity index is 1.87. The number of hydrogen-bond acceptors (Lipinski definition) is 4. The van der Waals surface area contributed by atoms with Crippen LogP contribution in [0.3, 0.4) is 0 Å². The van der Waals surface area contributed by atoms with E-state index in [4.69, 9.17) is 0 Å². The maximum atomic E-state index is 11.8. The molecule has 0 saturated heterocycles. The predicted molar refractivity (Wildman–Crippen MR) is 120 cm³/mol. The van der Waals surface area contributed by atoms with Crippen LogP contribution in [0.5, 0.6) is 0 Å². The molecule has 0 amide bonds. The quantitative estimate of drug-likeness (QED) is 0.637. The molecule has 2 aliphatic rings. The van der Waals surface area contributed by atoms with Gasteiger partial charge in [-0.05, 0) is 24.3 Å². The number of nitrogens with zero attached hydrogens (tertiary/aromatic N) is 2. The van der Waals surface area contributed by atoms with Crippen LogP contribution in [0.2, 0.25) is 0 Å². The fraction of sp³-hybridized carbons (Fsp3) is 0.357. The van der Waals surface area contributed by atoms with Crippen LogP contribution < -0.4 is 0 Å². The Morgan fingerprint density at radius 2 is 1.03 bits per heavy atom. The Morgan fingerprint density at radius 3 is 1.34 bits per heavy atom. The van der Waals surface area contributed by atoms with Crippen LogP contribution >= 0.6 is 0 Å². The molecule has 4 rings (SSSR count). The first-order chi connectivity index (χ1) is 15.2. The van der Waals surface area contributed by atoms with Crippen LogP contribution in [0.1, 0.15) is 37.8 Å². The molecule has 0 aliphatic heterocycles. The summed E-state index contributed by atoms with van der Waals surface area (Å²) in [5.41, 5.74) is -4.10. The van der Waals surface area contributed by atoms with Gasteiger partial charge in [-0.25, -0.2) is 0 Å². The van der Waals surface area contributed by atoms with Crippen molar-refractivity contribution in [2.45, 2.75) is 37.9 Å². The van der Waals surface area contributed by atoms with E-state index in [1.54, 1.807) is 13.8 Å². The van der Waals surface area contributed by atoms with E-state index < -0.39 is 33.9 Å². The molecule has 4 heteroatoms. The lowest BCUT2D eigenvalue weighted by atomic mass is 9.57. The molecule has 2 N–H and O–H groups in total. The first-order valence-corrected chi connectivity index (χ1v) is 10.6. The molecule has 2 saturated carbocycles. The standard InChI is InChI=1S/C28H24N2O2/c1-25-23(19-29)17-28(32,16-14-22-11-7-4-8-12-22)26(25,2)24(20-30)18-27(25,31)15-13-21-9-5-3-6-10-21/h3-12,23-24,31-32H,17-18H2,1-2H3/t23-,24-,25-,26-,27-,28-/m0/s1. The van der Waals surface area contributed by atoms with Gasteiger partial charge in [0.2, 0.25) is 0 Å². The lowest BCUT2D eigenvalue weighted by Gasteiger charge is -2.46. The fourth-order valence-electron chi connectivity index (χ4n) is 5.69. The number of rotatable bonds is 0. The molecule has 32 heavy (non-hydrogen) atoms. The zero-order valence-electron chi connectivity index (χ0n) is 18.1. The highest BCUT2D eigenvalue weighted by molar-refractivity contribution is 5.47. The van der Waals surface area contributed by atoms with Crippen LogP contribution in [0.25, 0.3) is 0 Å². The number of hydrogen-bond donors (Lipinski definition) is 2. The lowest BCUT2D eigenvalue weighted by molar-refractivity contribution is -0.0978. The van der Waals surface area contributed by atoms with Crippen LogP contribution in [0.4, 0.5) is 0 Å². The van der Waals surface area contributed by atoms with Crippen molar-refractivity contribution in [1.29, 1.82) is 10.5 Å². The highest BCUT2D eigenvalue weighted by Crippen LogP contribution is 2.73. The third kappa shape index (κ3) is 2.86. The number of fused-ring (bicyclic) bond motifs is 1. The molecule has 2 aliphatic carbocycles. The van der Waals surface area contributed by atoms with Gasteiger partial charge in [-0.3, -0.25) is 0 Å². The Bertz CT molecular complexity index is 1140. The van der Waals surface area contributed by atoms with Crippen molar-refractivity contribution in [1.82, 2.24) is 0 Å². The van der Waals surface area contributed by atoms with Gasteiger partial charge in [-0.2, -0.15) is 10.5 Å². The second-order valence-corrected chi connectivity index (χ2v) is 9.13. The third-order valence-electron chi connectivity index (χ3n) is 7.88. The van der Waals surface area contributed by atoms with E-state index in [2.05, 4.69) is 35.8 Å². The SMILES string of the molecule is C[C@]12[C@H](C#N)C[C@@](O)(C#Cc3ccccc3)[C@@]1(C)[C@H](C#N)C[C@@]2(O)C#Cc1ccccc1. The molecule has 0 aromatic heterocycles. The third-order valence-corrected chi connectivity index (χ3v) is 7.88. The van der Waals surface area contributed by atoms with Crippen LogP contribution in [-0.4, -0.2) is 21.4 Å². The van der Waals surface area contributed by atoms with Crippen molar-refractivity contribution in [3.63, 3.8) is 0 Å². The molecule has 2 fully saturated rings. The smallest absolute Gasteiger partial charge is 0.134 e. The van der Waals surface area contributed by atoms with Gasteiger partial charge in [0.15, 0.2) is 0 Å².